The number of rotatable bonds is 10. The van der Waals surface area contributed by atoms with Crippen molar-refractivity contribution in [2.75, 3.05) is 12.4 Å². The van der Waals surface area contributed by atoms with Crippen LogP contribution >= 0.6 is 11.3 Å². The number of halogens is 1. The molecule has 11 heteroatoms. The number of hydrogen-bond donors (Lipinski definition) is 2. The first-order chi connectivity index (χ1) is 19.3. The number of thiazole rings is 1. The highest BCUT2D eigenvalue weighted by Gasteiger charge is 2.17. The lowest BCUT2D eigenvalue weighted by atomic mass is 9.50. The number of amides is 1. The first-order valence-corrected chi connectivity index (χ1v) is 13.2. The number of hydrogen-bond acceptors (Lipinski definition) is 8. The standard InChI is InChI=1S/C29H25BFN3O5S/c1-30(17-32)10-9-20-13-25(35)26(14-21(20)15-27(36)34-29-33-11-12-40-29)39-22-7-8-23(24(31)16-22)18-3-5-19(6-4-18)28(37)38-2/h3-8,11-14,16,35H,9-10,15H2,1-2H3,(H,33,34,36). The fourth-order valence-electron chi connectivity index (χ4n) is 4.02. The summed E-state index contributed by atoms with van der Waals surface area (Å²) in [6.07, 6.45) is 2.59. The van der Waals surface area contributed by atoms with Crippen molar-refractivity contribution in [1.82, 2.24) is 4.98 Å². The van der Waals surface area contributed by atoms with Gasteiger partial charge in [0.1, 0.15) is 11.6 Å². The van der Waals surface area contributed by atoms with Gasteiger partial charge in [-0.05, 0) is 59.5 Å². The molecule has 0 spiro atoms. The van der Waals surface area contributed by atoms with E-state index in [-0.39, 0.29) is 36.3 Å². The summed E-state index contributed by atoms with van der Waals surface area (Å²) < 4.78 is 25.6. The number of esters is 1. The lowest BCUT2D eigenvalue weighted by Gasteiger charge is -2.15. The van der Waals surface area contributed by atoms with E-state index in [1.165, 1.54) is 36.6 Å². The van der Waals surface area contributed by atoms with Crippen molar-refractivity contribution in [2.24, 2.45) is 0 Å². The number of nitrogens with one attached hydrogen (secondary N) is 1. The molecule has 0 unspecified atom stereocenters. The zero-order valence-corrected chi connectivity index (χ0v) is 22.6. The minimum Gasteiger partial charge on any atom is -0.504 e. The molecule has 0 bridgehead atoms. The minimum atomic E-state index is -0.562. The van der Waals surface area contributed by atoms with Gasteiger partial charge in [-0.1, -0.05) is 25.3 Å². The van der Waals surface area contributed by atoms with Gasteiger partial charge in [-0.3, -0.25) is 4.79 Å². The van der Waals surface area contributed by atoms with Gasteiger partial charge >= 0.3 is 5.97 Å². The third-order valence-electron chi connectivity index (χ3n) is 6.16. The minimum absolute atomic E-state index is 0.0125. The number of aryl methyl sites for hydroxylation is 1. The van der Waals surface area contributed by atoms with Gasteiger partial charge in [0.15, 0.2) is 16.6 Å². The molecule has 0 saturated carbocycles. The van der Waals surface area contributed by atoms with Crippen LogP contribution < -0.4 is 10.1 Å². The summed E-state index contributed by atoms with van der Waals surface area (Å²) in [5.41, 5.74) is 2.52. The predicted molar refractivity (Wildman–Crippen MR) is 152 cm³/mol. The van der Waals surface area contributed by atoms with Crippen LogP contribution in [0.5, 0.6) is 17.2 Å². The SMILES string of the molecule is COC(=O)c1ccc(-c2ccc(Oc3cc(CC(=O)Nc4nccs4)c(CCB(C)C#N)cc3O)cc2F)cc1. The lowest BCUT2D eigenvalue weighted by molar-refractivity contribution is -0.115. The van der Waals surface area contributed by atoms with Gasteiger partial charge in [0.2, 0.25) is 5.91 Å². The van der Waals surface area contributed by atoms with Crippen LogP contribution in [0.1, 0.15) is 21.5 Å². The van der Waals surface area contributed by atoms with Crippen LogP contribution in [0.4, 0.5) is 9.52 Å². The molecule has 40 heavy (non-hydrogen) atoms. The monoisotopic (exact) mass is 557 g/mol. The first-order valence-electron chi connectivity index (χ1n) is 12.4. The maximum Gasteiger partial charge on any atom is 0.337 e. The number of carbonyl (C=O) groups excluding carboxylic acids is 2. The highest BCUT2D eigenvalue weighted by molar-refractivity contribution is 7.13. The fraction of sp³-hybridized carbons (Fsp3) is 0.172. The average Bonchev–Trinajstić information content (AvgIpc) is 3.46. The summed E-state index contributed by atoms with van der Waals surface area (Å²) in [4.78, 5) is 28.4. The molecule has 1 aromatic heterocycles. The van der Waals surface area contributed by atoms with Crippen molar-refractivity contribution in [3.05, 3.63) is 88.7 Å². The third kappa shape index (κ3) is 7.04. The van der Waals surface area contributed by atoms with Crippen LogP contribution in [0.15, 0.2) is 66.2 Å². The van der Waals surface area contributed by atoms with Crippen molar-refractivity contribution in [2.45, 2.75) is 26.0 Å². The van der Waals surface area contributed by atoms with E-state index in [1.54, 1.807) is 54.8 Å². The van der Waals surface area contributed by atoms with Gasteiger partial charge in [0, 0.05) is 29.2 Å². The Balaban J connectivity index is 1.57. The number of benzene rings is 3. The lowest BCUT2D eigenvalue weighted by Crippen LogP contribution is -2.16. The van der Waals surface area contributed by atoms with Gasteiger partial charge in [-0.2, -0.15) is 0 Å². The maximum atomic E-state index is 15.1. The van der Waals surface area contributed by atoms with Crippen molar-refractivity contribution < 1.29 is 28.6 Å². The number of methoxy groups -OCH3 is 1. The Labute approximate surface area is 235 Å². The molecule has 2 N–H and O–H groups in total. The highest BCUT2D eigenvalue weighted by atomic mass is 32.1. The second-order valence-electron chi connectivity index (χ2n) is 9.03. The van der Waals surface area contributed by atoms with Crippen molar-refractivity contribution in [3.8, 4) is 34.3 Å². The maximum absolute atomic E-state index is 15.1. The van der Waals surface area contributed by atoms with E-state index < -0.39 is 11.8 Å². The van der Waals surface area contributed by atoms with Crippen LogP contribution in [-0.2, 0) is 22.4 Å². The Kier molecular flexibility index (Phi) is 9.14. The highest BCUT2D eigenvalue weighted by Crippen LogP contribution is 2.36. The fourth-order valence-corrected chi connectivity index (χ4v) is 4.56. The Morgan fingerprint density at radius 1 is 1.15 bits per heavy atom. The molecule has 1 amide bonds. The van der Waals surface area contributed by atoms with Gasteiger partial charge < -0.3 is 19.9 Å². The van der Waals surface area contributed by atoms with Crippen LogP contribution in [0, 0.1) is 17.0 Å². The van der Waals surface area contributed by atoms with E-state index in [0.29, 0.717) is 45.7 Å². The van der Waals surface area contributed by atoms with Crippen molar-refractivity contribution in [1.29, 1.82) is 5.26 Å². The number of carbonyl (C=O) groups is 2. The average molecular weight is 557 g/mol. The smallest absolute Gasteiger partial charge is 0.337 e. The number of aromatic nitrogens is 1. The summed E-state index contributed by atoms with van der Waals surface area (Å²) in [6, 6.07) is 13.7. The summed E-state index contributed by atoms with van der Waals surface area (Å²) in [7, 11) is 1.29. The van der Waals surface area contributed by atoms with Crippen molar-refractivity contribution in [3.63, 3.8) is 0 Å². The topological polar surface area (TPSA) is 122 Å². The third-order valence-corrected chi connectivity index (χ3v) is 6.85. The zero-order valence-electron chi connectivity index (χ0n) is 21.8. The molecule has 0 aliphatic heterocycles. The van der Waals surface area contributed by atoms with Crippen molar-refractivity contribution >= 4 is 35.1 Å². The second kappa shape index (κ2) is 12.9. The molecule has 4 rings (SSSR count). The van der Waals surface area contributed by atoms with Crippen LogP contribution in [0.2, 0.25) is 13.1 Å². The van der Waals surface area contributed by atoms with Crippen LogP contribution in [-0.4, -0.2) is 35.8 Å². The Morgan fingerprint density at radius 2 is 1.93 bits per heavy atom. The summed E-state index contributed by atoms with van der Waals surface area (Å²) in [6.45, 7) is 1.60. The van der Waals surface area contributed by atoms with E-state index in [0.717, 1.165) is 0 Å². The van der Waals surface area contributed by atoms with Gasteiger partial charge in [0.05, 0.1) is 19.1 Å². The molecule has 0 aliphatic rings. The van der Waals surface area contributed by atoms with Crippen LogP contribution in [0.3, 0.4) is 0 Å². The largest absolute Gasteiger partial charge is 0.504 e. The number of ether oxygens (including phenoxy) is 2. The predicted octanol–water partition coefficient (Wildman–Crippen LogP) is 6.14. The van der Waals surface area contributed by atoms with E-state index in [9.17, 15) is 14.7 Å². The molecule has 0 atom stereocenters. The number of phenols is 1. The second-order valence-corrected chi connectivity index (χ2v) is 9.93. The Morgan fingerprint density at radius 3 is 2.58 bits per heavy atom. The number of anilines is 1. The Bertz CT molecular complexity index is 1560. The molecule has 0 fully saturated rings. The van der Waals surface area contributed by atoms with E-state index in [1.807, 2.05) is 0 Å². The molecule has 3 aromatic carbocycles. The summed E-state index contributed by atoms with van der Waals surface area (Å²) in [5.74, 6) is 0.872. The van der Waals surface area contributed by atoms with E-state index >= 15 is 4.39 Å². The Hall–Kier alpha value is -4.69. The van der Waals surface area contributed by atoms with E-state index in [4.69, 9.17) is 10.00 Å². The molecule has 8 nitrogen and oxygen atoms in total. The normalized spacial score (nSPS) is 10.4. The molecule has 0 saturated heterocycles. The number of phenolic OH excluding ortho intramolecular Hbond substituents is 1. The van der Waals surface area contributed by atoms with Gasteiger partial charge in [0.25, 0.3) is 6.71 Å². The van der Waals surface area contributed by atoms with Crippen LogP contribution in [0.25, 0.3) is 11.1 Å². The summed E-state index contributed by atoms with van der Waals surface area (Å²) >= 11 is 1.29. The van der Waals surface area contributed by atoms with E-state index in [2.05, 4.69) is 21.0 Å². The molecular weight excluding hydrogens is 532 g/mol. The van der Waals surface area contributed by atoms with Gasteiger partial charge in [-0.25, -0.2) is 19.4 Å². The first kappa shape index (κ1) is 28.3. The quantitative estimate of drug-likeness (QED) is 0.177. The van der Waals surface area contributed by atoms with Gasteiger partial charge in [-0.15, -0.1) is 11.3 Å². The molecule has 0 radical (unpaired) electrons. The number of nitriles is 1. The molecule has 202 valence electrons. The zero-order chi connectivity index (χ0) is 28.6. The summed E-state index contributed by atoms with van der Waals surface area (Å²) in [5, 5.41) is 24.8. The molecular formula is C29H25BFN3O5S. The molecule has 0 aliphatic carbocycles. The molecule has 1 heterocycles. The number of nitrogens with zero attached hydrogens (tertiary/aromatic N) is 2. The number of aromatic hydroxyl groups is 1. The molecule has 4 aromatic rings.